The van der Waals surface area contributed by atoms with E-state index in [9.17, 15) is 8.42 Å². The van der Waals surface area contributed by atoms with Gasteiger partial charge in [-0.2, -0.15) is 5.10 Å². The minimum atomic E-state index is -3.53. The number of nitrogens with one attached hydrogen (secondary N) is 2. The zero-order valence-corrected chi connectivity index (χ0v) is 13.2. The number of hydrogen-bond donors (Lipinski definition) is 2. The summed E-state index contributed by atoms with van der Waals surface area (Å²) in [6.07, 6.45) is 0. The Hall–Kier alpha value is -1.86. The Bertz CT molecular complexity index is 676. The molecule has 0 fully saturated rings. The third kappa shape index (κ3) is 3.62. The van der Waals surface area contributed by atoms with Gasteiger partial charge in [0.2, 0.25) is 10.0 Å². The summed E-state index contributed by atoms with van der Waals surface area (Å²) in [5.41, 5.74) is 2.08. The van der Waals surface area contributed by atoms with Crippen molar-refractivity contribution in [1.82, 2.24) is 14.9 Å². The van der Waals surface area contributed by atoms with Gasteiger partial charge in [-0.15, -0.1) is 0 Å². The van der Waals surface area contributed by atoms with Gasteiger partial charge in [0.25, 0.3) is 0 Å². The quantitative estimate of drug-likeness (QED) is 0.846. The van der Waals surface area contributed by atoms with Gasteiger partial charge in [-0.05, 0) is 26.0 Å². The average molecular weight is 308 g/mol. The van der Waals surface area contributed by atoms with E-state index in [1.807, 2.05) is 42.3 Å². The average Bonchev–Trinajstić information content (AvgIpc) is 2.79. The summed E-state index contributed by atoms with van der Waals surface area (Å²) in [6, 6.07) is 9.82. The van der Waals surface area contributed by atoms with Crippen molar-refractivity contribution < 1.29 is 8.42 Å². The molecule has 114 valence electrons. The first kappa shape index (κ1) is 15.5. The normalized spacial score (nSPS) is 11.6. The molecule has 1 aromatic carbocycles. The van der Waals surface area contributed by atoms with E-state index in [0.717, 1.165) is 5.69 Å². The Morgan fingerprint density at radius 1 is 1.24 bits per heavy atom. The number of rotatable bonds is 6. The van der Waals surface area contributed by atoms with Crippen molar-refractivity contribution >= 4 is 15.7 Å². The number of benzene rings is 1. The Morgan fingerprint density at radius 2 is 1.90 bits per heavy atom. The second-order valence-corrected chi connectivity index (χ2v) is 6.62. The Morgan fingerprint density at radius 3 is 2.48 bits per heavy atom. The maximum Gasteiger partial charge on any atom is 0.244 e. The number of aryl methyl sites for hydroxylation is 2. The van der Waals surface area contributed by atoms with Crippen LogP contribution in [0.5, 0.6) is 0 Å². The number of nitrogens with zero attached hydrogens (tertiary/aromatic N) is 2. The van der Waals surface area contributed by atoms with Gasteiger partial charge in [0.05, 0.1) is 11.4 Å². The molecular formula is C14H20N4O2S. The lowest BCUT2D eigenvalue weighted by Crippen LogP contribution is -2.33. The van der Waals surface area contributed by atoms with Crippen LogP contribution in [0.1, 0.15) is 11.4 Å². The lowest BCUT2D eigenvalue weighted by Gasteiger charge is -2.19. The molecule has 2 rings (SSSR count). The smallest absolute Gasteiger partial charge is 0.244 e. The number of aromatic nitrogens is 2. The van der Waals surface area contributed by atoms with Gasteiger partial charge in [0, 0.05) is 25.8 Å². The molecule has 0 spiro atoms. The number of anilines is 1. The number of sulfonamides is 1. The van der Waals surface area contributed by atoms with E-state index in [1.54, 1.807) is 13.8 Å². The lowest BCUT2D eigenvalue weighted by molar-refractivity contribution is 0.580. The van der Waals surface area contributed by atoms with Crippen LogP contribution in [-0.2, 0) is 10.0 Å². The van der Waals surface area contributed by atoms with Crippen LogP contribution in [0.15, 0.2) is 35.2 Å². The maximum absolute atomic E-state index is 12.3. The highest BCUT2D eigenvalue weighted by Crippen LogP contribution is 2.16. The highest BCUT2D eigenvalue weighted by Gasteiger charge is 2.21. The molecule has 6 nitrogen and oxygen atoms in total. The van der Waals surface area contributed by atoms with Crippen LogP contribution in [-0.4, -0.2) is 38.8 Å². The first-order valence-electron chi connectivity index (χ1n) is 6.69. The van der Waals surface area contributed by atoms with E-state index < -0.39 is 10.0 Å². The summed E-state index contributed by atoms with van der Waals surface area (Å²) in [4.78, 5) is 2.24. The first-order valence-corrected chi connectivity index (χ1v) is 8.17. The summed E-state index contributed by atoms with van der Waals surface area (Å²) in [5.74, 6) is 0. The van der Waals surface area contributed by atoms with Gasteiger partial charge in [0.1, 0.15) is 4.90 Å². The van der Waals surface area contributed by atoms with Gasteiger partial charge < -0.3 is 4.90 Å². The molecule has 0 aliphatic rings. The molecule has 7 heteroatoms. The van der Waals surface area contributed by atoms with E-state index in [-0.39, 0.29) is 4.90 Å². The first-order chi connectivity index (χ1) is 9.92. The van der Waals surface area contributed by atoms with E-state index in [0.29, 0.717) is 24.5 Å². The minimum Gasteiger partial charge on any atom is -0.373 e. The van der Waals surface area contributed by atoms with Crippen molar-refractivity contribution in [1.29, 1.82) is 0 Å². The summed E-state index contributed by atoms with van der Waals surface area (Å²) in [6.45, 7) is 4.29. The predicted octanol–water partition coefficient (Wildman–Crippen LogP) is 1.44. The van der Waals surface area contributed by atoms with Crippen molar-refractivity contribution in [2.45, 2.75) is 18.7 Å². The largest absolute Gasteiger partial charge is 0.373 e. The van der Waals surface area contributed by atoms with Crippen LogP contribution < -0.4 is 9.62 Å². The molecular weight excluding hydrogens is 288 g/mol. The van der Waals surface area contributed by atoms with Crippen LogP contribution in [0.4, 0.5) is 5.69 Å². The maximum atomic E-state index is 12.3. The standard InChI is InChI=1S/C14H20N4O2S/c1-11-14(12(2)17-16-11)21(19,20)15-9-10-18(3)13-7-5-4-6-8-13/h4-8,15H,9-10H2,1-3H3,(H,16,17). The summed E-state index contributed by atoms with van der Waals surface area (Å²) >= 11 is 0. The highest BCUT2D eigenvalue weighted by molar-refractivity contribution is 7.89. The second kappa shape index (κ2) is 6.28. The fourth-order valence-corrected chi connectivity index (χ4v) is 3.56. The third-order valence-corrected chi connectivity index (χ3v) is 4.99. The molecule has 1 heterocycles. The molecule has 21 heavy (non-hydrogen) atoms. The molecule has 2 N–H and O–H groups in total. The minimum absolute atomic E-state index is 0.241. The zero-order chi connectivity index (χ0) is 15.5. The number of H-pyrrole nitrogens is 1. The van der Waals surface area contributed by atoms with Crippen molar-refractivity contribution in [3.05, 3.63) is 41.7 Å². The van der Waals surface area contributed by atoms with Gasteiger partial charge in [0.15, 0.2) is 0 Å². The fourth-order valence-electron chi connectivity index (χ4n) is 2.17. The molecule has 0 bridgehead atoms. The molecule has 0 unspecified atom stereocenters. The second-order valence-electron chi connectivity index (χ2n) is 4.92. The molecule has 0 radical (unpaired) electrons. The van der Waals surface area contributed by atoms with Crippen molar-refractivity contribution in [3.63, 3.8) is 0 Å². The molecule has 2 aromatic rings. The van der Waals surface area contributed by atoms with Gasteiger partial charge in [-0.25, -0.2) is 13.1 Å². The van der Waals surface area contributed by atoms with E-state index in [4.69, 9.17) is 0 Å². The van der Waals surface area contributed by atoms with Crippen LogP contribution in [0.3, 0.4) is 0 Å². The number of likely N-dealkylation sites (N-methyl/N-ethyl adjacent to an activating group) is 1. The van der Waals surface area contributed by atoms with E-state index >= 15 is 0 Å². The predicted molar refractivity (Wildman–Crippen MR) is 83.0 cm³/mol. The van der Waals surface area contributed by atoms with Crippen molar-refractivity contribution in [2.24, 2.45) is 0 Å². The summed E-state index contributed by atoms with van der Waals surface area (Å²) in [5, 5.41) is 6.61. The van der Waals surface area contributed by atoms with E-state index in [2.05, 4.69) is 14.9 Å². The Kier molecular flexibility index (Phi) is 4.64. The zero-order valence-electron chi connectivity index (χ0n) is 12.4. The molecule has 0 aliphatic carbocycles. The van der Waals surface area contributed by atoms with Crippen molar-refractivity contribution in [3.8, 4) is 0 Å². The SMILES string of the molecule is Cc1n[nH]c(C)c1S(=O)(=O)NCCN(C)c1ccccc1. The lowest BCUT2D eigenvalue weighted by atomic mass is 10.3. The highest BCUT2D eigenvalue weighted by atomic mass is 32.2. The Labute approximate surface area is 125 Å². The summed E-state index contributed by atoms with van der Waals surface area (Å²) in [7, 11) is -1.60. The molecule has 0 aliphatic heterocycles. The number of para-hydroxylation sites is 1. The number of hydrogen-bond acceptors (Lipinski definition) is 4. The molecule has 0 saturated carbocycles. The number of aromatic amines is 1. The third-order valence-electron chi connectivity index (χ3n) is 3.27. The molecule has 0 amide bonds. The molecule has 0 saturated heterocycles. The monoisotopic (exact) mass is 308 g/mol. The molecule has 0 atom stereocenters. The van der Waals surface area contributed by atoms with Crippen LogP contribution >= 0.6 is 0 Å². The van der Waals surface area contributed by atoms with Crippen LogP contribution in [0.2, 0.25) is 0 Å². The van der Waals surface area contributed by atoms with Crippen LogP contribution in [0.25, 0.3) is 0 Å². The Balaban J connectivity index is 1.97. The van der Waals surface area contributed by atoms with Crippen molar-refractivity contribution in [2.75, 3.05) is 25.0 Å². The summed E-state index contributed by atoms with van der Waals surface area (Å²) < 4.78 is 27.1. The molecule has 1 aromatic heterocycles. The topological polar surface area (TPSA) is 78.1 Å². The van der Waals surface area contributed by atoms with E-state index in [1.165, 1.54) is 0 Å². The van der Waals surface area contributed by atoms with Crippen LogP contribution in [0, 0.1) is 13.8 Å². The van der Waals surface area contributed by atoms with Gasteiger partial charge in [-0.3, -0.25) is 5.10 Å². The van der Waals surface area contributed by atoms with Gasteiger partial charge >= 0.3 is 0 Å². The van der Waals surface area contributed by atoms with Gasteiger partial charge in [-0.1, -0.05) is 18.2 Å². The fraction of sp³-hybridized carbons (Fsp3) is 0.357.